The zero-order valence-corrected chi connectivity index (χ0v) is 14.5. The molecular weight excluding hydrogens is 290 g/mol. The first-order valence-corrected chi connectivity index (χ1v) is 9.03. The van der Waals surface area contributed by atoms with Gasteiger partial charge in [-0.2, -0.15) is 0 Å². The average Bonchev–Trinajstić information content (AvgIpc) is 3.03. The van der Waals surface area contributed by atoms with Gasteiger partial charge in [0.05, 0.1) is 19.8 Å². The Morgan fingerprint density at radius 3 is 2.57 bits per heavy atom. The number of morpholine rings is 1. The summed E-state index contributed by atoms with van der Waals surface area (Å²) in [7, 11) is 0. The molecule has 0 unspecified atom stereocenters. The van der Waals surface area contributed by atoms with Crippen molar-refractivity contribution in [3.8, 4) is 11.5 Å². The van der Waals surface area contributed by atoms with Crippen LogP contribution in [0, 0.1) is 5.92 Å². The molecule has 0 radical (unpaired) electrons. The number of rotatable bonds is 7. The van der Waals surface area contributed by atoms with Crippen molar-refractivity contribution < 1.29 is 19.1 Å². The smallest absolute Gasteiger partial charge is 0.231 e. The molecule has 4 nitrogen and oxygen atoms in total. The Morgan fingerprint density at radius 2 is 1.78 bits per heavy atom. The van der Waals surface area contributed by atoms with E-state index >= 15 is 0 Å². The molecule has 0 aromatic heterocycles. The molecule has 1 fully saturated rings. The zero-order valence-electron chi connectivity index (χ0n) is 14.5. The van der Waals surface area contributed by atoms with Crippen molar-refractivity contribution in [1.82, 2.24) is 0 Å². The number of fused-ring (bicyclic) bond motifs is 1. The minimum atomic E-state index is 0.355. The van der Waals surface area contributed by atoms with E-state index in [0.717, 1.165) is 43.7 Å². The number of quaternary nitrogens is 1. The summed E-state index contributed by atoms with van der Waals surface area (Å²) in [4.78, 5) is 1.69. The van der Waals surface area contributed by atoms with Crippen LogP contribution in [0.1, 0.15) is 44.6 Å². The van der Waals surface area contributed by atoms with E-state index in [1.165, 1.54) is 31.4 Å². The lowest BCUT2D eigenvalue weighted by molar-refractivity contribution is -0.908. The lowest BCUT2D eigenvalue weighted by Crippen LogP contribution is -3.14. The van der Waals surface area contributed by atoms with E-state index in [0.29, 0.717) is 12.7 Å². The molecule has 1 atom stereocenters. The third kappa shape index (κ3) is 4.61. The van der Waals surface area contributed by atoms with Gasteiger partial charge in [0, 0.05) is 6.42 Å². The Hall–Kier alpha value is -1.26. The third-order valence-electron chi connectivity index (χ3n) is 5.01. The molecule has 2 aliphatic rings. The first kappa shape index (κ1) is 16.6. The third-order valence-corrected chi connectivity index (χ3v) is 5.01. The van der Waals surface area contributed by atoms with Crippen LogP contribution in [-0.4, -0.2) is 39.6 Å². The fourth-order valence-corrected chi connectivity index (χ4v) is 3.47. The van der Waals surface area contributed by atoms with E-state index < -0.39 is 0 Å². The van der Waals surface area contributed by atoms with Gasteiger partial charge in [-0.25, -0.2) is 0 Å². The molecule has 0 saturated carbocycles. The van der Waals surface area contributed by atoms with Crippen LogP contribution in [-0.2, 0) is 4.74 Å². The monoisotopic (exact) mass is 320 g/mol. The van der Waals surface area contributed by atoms with Crippen LogP contribution in [0.15, 0.2) is 18.2 Å². The van der Waals surface area contributed by atoms with Crippen molar-refractivity contribution in [3.05, 3.63) is 23.8 Å². The molecule has 1 aromatic rings. The second-order valence-corrected chi connectivity index (χ2v) is 7.18. The van der Waals surface area contributed by atoms with Crippen molar-refractivity contribution in [2.75, 3.05) is 39.6 Å². The van der Waals surface area contributed by atoms with Crippen molar-refractivity contribution in [2.45, 2.75) is 39.0 Å². The molecule has 1 N–H and O–H groups in total. The summed E-state index contributed by atoms with van der Waals surface area (Å²) < 4.78 is 16.5. The number of nitrogens with one attached hydrogen (secondary N) is 1. The van der Waals surface area contributed by atoms with Gasteiger partial charge in [0.2, 0.25) is 6.79 Å². The van der Waals surface area contributed by atoms with Crippen LogP contribution >= 0.6 is 0 Å². The second-order valence-electron chi connectivity index (χ2n) is 7.18. The van der Waals surface area contributed by atoms with E-state index in [1.54, 1.807) is 4.90 Å². The van der Waals surface area contributed by atoms with Gasteiger partial charge in [-0.1, -0.05) is 26.3 Å². The van der Waals surface area contributed by atoms with Crippen LogP contribution in [0.4, 0.5) is 0 Å². The van der Waals surface area contributed by atoms with Crippen LogP contribution in [0.2, 0.25) is 0 Å². The summed E-state index contributed by atoms with van der Waals surface area (Å²) in [5.74, 6) is 3.16. The molecule has 128 valence electrons. The Morgan fingerprint density at radius 1 is 1.00 bits per heavy atom. The predicted octanol–water partition coefficient (Wildman–Crippen LogP) is 2.24. The maximum absolute atomic E-state index is 5.57. The molecule has 2 heterocycles. The Labute approximate surface area is 139 Å². The summed E-state index contributed by atoms with van der Waals surface area (Å²) >= 11 is 0. The molecular formula is C19H30NO3+. The van der Waals surface area contributed by atoms with Gasteiger partial charge in [0.1, 0.15) is 13.1 Å². The Balaban J connectivity index is 1.64. The first-order chi connectivity index (χ1) is 11.2. The quantitative estimate of drug-likeness (QED) is 0.836. The summed E-state index contributed by atoms with van der Waals surface area (Å²) in [6, 6.07) is 6.50. The number of hydrogen-bond acceptors (Lipinski definition) is 3. The van der Waals surface area contributed by atoms with Crippen molar-refractivity contribution >= 4 is 0 Å². The summed E-state index contributed by atoms with van der Waals surface area (Å²) in [5.41, 5.74) is 1.41. The van der Waals surface area contributed by atoms with E-state index in [-0.39, 0.29) is 0 Å². The average molecular weight is 320 g/mol. The maximum atomic E-state index is 5.57. The van der Waals surface area contributed by atoms with Crippen LogP contribution in [0.5, 0.6) is 11.5 Å². The standard InChI is InChI=1S/C19H29NO3/c1-15(2)3-4-16(7-8-20-9-11-21-12-10-20)17-5-6-18-19(13-17)23-14-22-18/h5-6,13,15-16H,3-4,7-12,14H2,1-2H3/p+1/t16-/m0/s1. The van der Waals surface area contributed by atoms with E-state index in [9.17, 15) is 0 Å². The van der Waals surface area contributed by atoms with Gasteiger partial charge >= 0.3 is 0 Å². The van der Waals surface area contributed by atoms with E-state index in [1.807, 2.05) is 0 Å². The number of ether oxygens (including phenoxy) is 3. The zero-order chi connectivity index (χ0) is 16.1. The van der Waals surface area contributed by atoms with Crippen molar-refractivity contribution in [3.63, 3.8) is 0 Å². The molecule has 2 aliphatic heterocycles. The minimum absolute atomic E-state index is 0.355. The van der Waals surface area contributed by atoms with Crippen LogP contribution in [0.3, 0.4) is 0 Å². The highest BCUT2D eigenvalue weighted by Crippen LogP contribution is 2.36. The normalized spacial score (nSPS) is 19.3. The van der Waals surface area contributed by atoms with Gasteiger partial charge in [0.15, 0.2) is 11.5 Å². The number of benzene rings is 1. The highest BCUT2D eigenvalue weighted by molar-refractivity contribution is 5.45. The summed E-state index contributed by atoms with van der Waals surface area (Å²) in [6.45, 7) is 10.3. The van der Waals surface area contributed by atoms with Gasteiger partial charge in [-0.15, -0.1) is 0 Å². The molecule has 0 aliphatic carbocycles. The fraction of sp³-hybridized carbons (Fsp3) is 0.684. The lowest BCUT2D eigenvalue weighted by Gasteiger charge is -2.26. The predicted molar refractivity (Wildman–Crippen MR) is 90.4 cm³/mol. The van der Waals surface area contributed by atoms with E-state index in [4.69, 9.17) is 14.2 Å². The molecule has 4 heteroatoms. The highest BCUT2D eigenvalue weighted by Gasteiger charge is 2.21. The molecule has 1 saturated heterocycles. The lowest BCUT2D eigenvalue weighted by atomic mass is 9.88. The van der Waals surface area contributed by atoms with E-state index in [2.05, 4.69) is 32.0 Å². The Bertz CT molecular complexity index is 497. The summed E-state index contributed by atoms with van der Waals surface area (Å²) in [6.07, 6.45) is 3.76. The highest BCUT2D eigenvalue weighted by atomic mass is 16.7. The molecule has 1 aromatic carbocycles. The van der Waals surface area contributed by atoms with Gasteiger partial charge in [-0.05, 0) is 36.0 Å². The topological polar surface area (TPSA) is 32.1 Å². The molecule has 0 amide bonds. The Kier molecular flexibility index (Phi) is 5.79. The molecule has 0 bridgehead atoms. The molecule has 0 spiro atoms. The van der Waals surface area contributed by atoms with Gasteiger partial charge in [0.25, 0.3) is 0 Å². The van der Waals surface area contributed by atoms with Crippen LogP contribution in [0.25, 0.3) is 0 Å². The first-order valence-electron chi connectivity index (χ1n) is 9.03. The second kappa shape index (κ2) is 8.02. The van der Waals surface area contributed by atoms with Crippen molar-refractivity contribution in [1.29, 1.82) is 0 Å². The SMILES string of the molecule is CC(C)CC[C@@H](CC[NH+]1CCOCC1)c1ccc2c(c1)OCO2. The van der Waals surface area contributed by atoms with Crippen LogP contribution < -0.4 is 14.4 Å². The van der Waals surface area contributed by atoms with Crippen molar-refractivity contribution in [2.24, 2.45) is 5.92 Å². The summed E-state index contributed by atoms with van der Waals surface area (Å²) in [5, 5.41) is 0. The largest absolute Gasteiger partial charge is 0.454 e. The molecule has 3 rings (SSSR count). The van der Waals surface area contributed by atoms with Gasteiger partial charge in [-0.3, -0.25) is 0 Å². The molecule has 23 heavy (non-hydrogen) atoms. The fourth-order valence-electron chi connectivity index (χ4n) is 3.47. The van der Waals surface area contributed by atoms with Gasteiger partial charge < -0.3 is 19.1 Å². The maximum Gasteiger partial charge on any atom is 0.231 e. The number of hydrogen-bond donors (Lipinski definition) is 1. The minimum Gasteiger partial charge on any atom is -0.454 e.